The first-order valence-electron chi connectivity index (χ1n) is 8.41. The molecule has 1 N–H and O–H groups in total. The van der Waals surface area contributed by atoms with Crippen LogP contribution in [0.15, 0.2) is 41.2 Å². The van der Waals surface area contributed by atoms with Gasteiger partial charge >= 0.3 is 0 Å². The Labute approximate surface area is 163 Å². The van der Waals surface area contributed by atoms with Gasteiger partial charge in [0, 0.05) is 18.7 Å². The third-order valence-electron chi connectivity index (χ3n) is 3.96. The molecule has 28 heavy (non-hydrogen) atoms. The number of carbonyl (C=O) groups is 1. The van der Waals surface area contributed by atoms with E-state index in [4.69, 9.17) is 0 Å². The molecule has 9 nitrogen and oxygen atoms in total. The number of nitrogens with zero attached hydrogens (tertiary/aromatic N) is 4. The average Bonchev–Trinajstić information content (AvgIpc) is 3.01. The third kappa shape index (κ3) is 4.12. The Morgan fingerprint density at radius 3 is 2.68 bits per heavy atom. The van der Waals surface area contributed by atoms with Gasteiger partial charge in [0.25, 0.3) is 17.2 Å². The summed E-state index contributed by atoms with van der Waals surface area (Å²) in [5.41, 5.74) is 0.867. The van der Waals surface area contributed by atoms with Crippen LogP contribution in [0.25, 0.3) is 10.6 Å². The summed E-state index contributed by atoms with van der Waals surface area (Å²) in [4.78, 5) is 40.0. The number of carbonyl (C=O) groups excluding carboxylic acids is 1. The fraction of sp³-hybridized carbons (Fsp3) is 0.222. The molecular formula is C18H17N5O4S. The molecule has 0 saturated heterocycles. The Kier molecular flexibility index (Phi) is 5.59. The second-order valence-electron chi connectivity index (χ2n) is 5.96. The summed E-state index contributed by atoms with van der Waals surface area (Å²) < 4.78 is 1.25. The molecule has 0 unspecified atom stereocenters. The first-order chi connectivity index (χ1) is 13.4. The summed E-state index contributed by atoms with van der Waals surface area (Å²) in [6.45, 7) is 4.01. The normalized spacial score (nSPS) is 10.6. The van der Waals surface area contributed by atoms with Crippen molar-refractivity contribution in [1.29, 1.82) is 0 Å². The van der Waals surface area contributed by atoms with Gasteiger partial charge < -0.3 is 5.32 Å². The van der Waals surface area contributed by atoms with Gasteiger partial charge in [-0.15, -0.1) is 11.3 Å². The lowest BCUT2D eigenvalue weighted by Gasteiger charge is -2.08. The molecule has 144 valence electrons. The summed E-state index contributed by atoms with van der Waals surface area (Å²) in [5.74, 6) is -0.578. The second kappa shape index (κ2) is 8.09. The zero-order chi connectivity index (χ0) is 20.3. The topological polar surface area (TPSA) is 120 Å². The molecule has 0 aliphatic rings. The number of aromatic nitrogens is 3. The summed E-state index contributed by atoms with van der Waals surface area (Å²) in [5, 5.41) is 18.9. The van der Waals surface area contributed by atoms with Crippen molar-refractivity contribution < 1.29 is 9.72 Å². The Morgan fingerprint density at radius 1 is 1.25 bits per heavy atom. The van der Waals surface area contributed by atoms with Crippen molar-refractivity contribution in [2.45, 2.75) is 20.4 Å². The molecule has 2 aromatic heterocycles. The summed E-state index contributed by atoms with van der Waals surface area (Å²) in [7, 11) is 0. The average molecular weight is 399 g/mol. The number of benzene rings is 1. The van der Waals surface area contributed by atoms with Gasteiger partial charge in [0.05, 0.1) is 27.0 Å². The molecule has 0 fully saturated rings. The van der Waals surface area contributed by atoms with Crippen LogP contribution >= 0.6 is 11.3 Å². The van der Waals surface area contributed by atoms with E-state index < -0.39 is 10.8 Å². The molecule has 0 aliphatic carbocycles. The van der Waals surface area contributed by atoms with Gasteiger partial charge in [-0.05, 0) is 26.0 Å². The lowest BCUT2D eigenvalue weighted by Crippen LogP contribution is -2.32. The summed E-state index contributed by atoms with van der Waals surface area (Å²) in [6.07, 6.45) is 0. The largest absolute Gasteiger partial charge is 0.350 e. The molecule has 3 rings (SSSR count). The standard InChI is InChI=1S/C18H17N5O4S/c1-11-17(28-12(2)20-11)14-7-8-16(24)22(21-14)10-9-19-18(25)13-5-3-4-6-15(13)23(26)27/h3-8H,9-10H2,1-2H3,(H,19,25). The Hall–Kier alpha value is -3.40. The number of nitro benzene ring substituents is 1. The van der Waals surface area contributed by atoms with E-state index >= 15 is 0 Å². The molecule has 10 heteroatoms. The van der Waals surface area contributed by atoms with E-state index in [2.05, 4.69) is 15.4 Å². The Balaban J connectivity index is 1.72. The zero-order valence-electron chi connectivity index (χ0n) is 15.2. The minimum Gasteiger partial charge on any atom is -0.350 e. The van der Waals surface area contributed by atoms with Crippen LogP contribution in [0.1, 0.15) is 21.1 Å². The first kappa shape index (κ1) is 19.4. The molecule has 1 aromatic carbocycles. The zero-order valence-corrected chi connectivity index (χ0v) is 16.0. The van der Waals surface area contributed by atoms with Gasteiger partial charge in [-0.2, -0.15) is 5.10 Å². The molecule has 0 radical (unpaired) electrons. The second-order valence-corrected chi connectivity index (χ2v) is 7.16. The fourth-order valence-corrected chi connectivity index (χ4v) is 3.58. The predicted octanol–water partition coefficient (Wildman–Crippen LogP) is 2.32. The van der Waals surface area contributed by atoms with E-state index in [1.54, 1.807) is 12.1 Å². The number of nitrogens with one attached hydrogen (secondary N) is 1. The van der Waals surface area contributed by atoms with Crippen LogP contribution < -0.4 is 10.9 Å². The number of para-hydroxylation sites is 1. The molecule has 0 spiro atoms. The molecular weight excluding hydrogens is 382 g/mol. The van der Waals surface area contributed by atoms with Crippen LogP contribution in [0.4, 0.5) is 5.69 Å². The first-order valence-corrected chi connectivity index (χ1v) is 9.22. The maximum absolute atomic E-state index is 12.3. The van der Waals surface area contributed by atoms with Crippen LogP contribution in [0.5, 0.6) is 0 Å². The third-order valence-corrected chi connectivity index (χ3v) is 5.05. The lowest BCUT2D eigenvalue weighted by atomic mass is 10.1. The fourth-order valence-electron chi connectivity index (χ4n) is 2.69. The number of nitro groups is 1. The SMILES string of the molecule is Cc1nc(C)c(-c2ccc(=O)n(CCNC(=O)c3ccccc3[N+](=O)[O-])n2)s1. The van der Waals surface area contributed by atoms with Crippen LogP contribution in [-0.4, -0.2) is 32.1 Å². The van der Waals surface area contributed by atoms with Gasteiger partial charge in [-0.3, -0.25) is 19.7 Å². The van der Waals surface area contributed by atoms with Gasteiger partial charge in [0.15, 0.2) is 0 Å². The van der Waals surface area contributed by atoms with E-state index in [-0.39, 0.29) is 29.9 Å². The molecule has 1 amide bonds. The highest BCUT2D eigenvalue weighted by Gasteiger charge is 2.18. The van der Waals surface area contributed by atoms with E-state index in [9.17, 15) is 19.7 Å². The number of hydrogen-bond acceptors (Lipinski definition) is 7. The van der Waals surface area contributed by atoms with Crippen molar-refractivity contribution in [2.24, 2.45) is 0 Å². The van der Waals surface area contributed by atoms with Crippen molar-refractivity contribution in [1.82, 2.24) is 20.1 Å². The minimum absolute atomic E-state index is 0.0303. The molecule has 0 atom stereocenters. The molecule has 0 bridgehead atoms. The van der Waals surface area contributed by atoms with Crippen molar-refractivity contribution in [3.8, 4) is 10.6 Å². The highest BCUT2D eigenvalue weighted by atomic mass is 32.1. The number of hydrogen-bond donors (Lipinski definition) is 1. The maximum atomic E-state index is 12.3. The quantitative estimate of drug-likeness (QED) is 0.502. The predicted molar refractivity (Wildman–Crippen MR) is 105 cm³/mol. The lowest BCUT2D eigenvalue weighted by molar-refractivity contribution is -0.385. The van der Waals surface area contributed by atoms with E-state index in [1.807, 2.05) is 13.8 Å². The van der Waals surface area contributed by atoms with Gasteiger partial charge in [0.1, 0.15) is 11.3 Å². The van der Waals surface area contributed by atoms with Gasteiger partial charge in [-0.1, -0.05) is 12.1 Å². The Bertz CT molecular complexity index is 1110. The smallest absolute Gasteiger partial charge is 0.282 e. The van der Waals surface area contributed by atoms with Crippen molar-refractivity contribution in [2.75, 3.05) is 6.54 Å². The van der Waals surface area contributed by atoms with Gasteiger partial charge in [-0.25, -0.2) is 9.67 Å². The van der Waals surface area contributed by atoms with Gasteiger partial charge in [0.2, 0.25) is 0 Å². The summed E-state index contributed by atoms with van der Waals surface area (Å²) >= 11 is 1.49. The van der Waals surface area contributed by atoms with E-state index in [0.717, 1.165) is 15.6 Å². The van der Waals surface area contributed by atoms with E-state index in [0.29, 0.717) is 5.69 Å². The van der Waals surface area contributed by atoms with Crippen molar-refractivity contribution in [3.63, 3.8) is 0 Å². The number of amides is 1. The van der Waals surface area contributed by atoms with Crippen molar-refractivity contribution in [3.05, 3.63) is 73.1 Å². The highest BCUT2D eigenvalue weighted by molar-refractivity contribution is 7.15. The van der Waals surface area contributed by atoms with E-state index in [1.165, 1.54) is 40.3 Å². The highest BCUT2D eigenvalue weighted by Crippen LogP contribution is 2.27. The van der Waals surface area contributed by atoms with Crippen LogP contribution in [-0.2, 0) is 6.54 Å². The number of aryl methyl sites for hydroxylation is 2. The minimum atomic E-state index is -0.607. The molecule has 2 heterocycles. The monoisotopic (exact) mass is 399 g/mol. The summed E-state index contributed by atoms with van der Waals surface area (Å²) in [6, 6.07) is 8.76. The maximum Gasteiger partial charge on any atom is 0.282 e. The van der Waals surface area contributed by atoms with Crippen molar-refractivity contribution >= 4 is 22.9 Å². The number of rotatable bonds is 6. The molecule has 3 aromatic rings. The van der Waals surface area contributed by atoms with Crippen LogP contribution in [0, 0.1) is 24.0 Å². The molecule has 0 aliphatic heterocycles. The number of thiazole rings is 1. The molecule has 0 saturated carbocycles. The van der Waals surface area contributed by atoms with Crippen LogP contribution in [0.2, 0.25) is 0 Å². The van der Waals surface area contributed by atoms with Crippen LogP contribution in [0.3, 0.4) is 0 Å². The Morgan fingerprint density at radius 2 is 2.00 bits per heavy atom.